The number of esters is 1. The molecular weight excluding hydrogens is 1950 g/mol. The molecule has 15 rings (SSSR count). The smallest absolute Gasteiger partial charge is 0.416 e. The minimum absolute atomic E-state index is 0.0140. The number of benzene rings is 9. The summed E-state index contributed by atoms with van der Waals surface area (Å²) in [6.45, 7) is 3.77. The molecule has 760 valence electrons. The van der Waals surface area contributed by atoms with Gasteiger partial charge in [0.2, 0.25) is 0 Å². The highest BCUT2D eigenvalue weighted by atomic mass is 35.5. The molecule has 5 unspecified atom stereocenters. The fraction of sp³-hybridized carbons (Fsp3) is 0.288. The largest absolute Gasteiger partial charge is 0.466 e. The average Bonchev–Trinajstić information content (AvgIpc) is 1.06. The number of hydrogen-bond acceptors (Lipinski definition) is 17. The van der Waals surface area contributed by atoms with Crippen molar-refractivity contribution in [1.29, 1.82) is 0 Å². The third kappa shape index (κ3) is 31.2. The van der Waals surface area contributed by atoms with E-state index in [9.17, 15) is 79.1 Å². The van der Waals surface area contributed by atoms with E-state index in [1.54, 1.807) is 73.8 Å². The minimum Gasteiger partial charge on any atom is -0.466 e. The maximum Gasteiger partial charge on any atom is 0.416 e. The lowest BCUT2D eigenvalue weighted by Gasteiger charge is -2.32. The van der Waals surface area contributed by atoms with Gasteiger partial charge in [0.25, 0.3) is 5.91 Å². The van der Waals surface area contributed by atoms with Crippen LogP contribution in [0.4, 0.5) is 49.1 Å². The lowest BCUT2D eigenvalue weighted by atomic mass is 9.83. The maximum atomic E-state index is 14.8. The Morgan fingerprint density at radius 1 is 0.439 bits per heavy atom. The molecule has 12 aromatic rings. The molecule has 3 aliphatic rings. The summed E-state index contributed by atoms with van der Waals surface area (Å²) < 4.78 is 90.1. The number of Topliss-reactive ketones (excluding diaryl/α,β-unsaturated/α-hetero) is 5. The van der Waals surface area contributed by atoms with Gasteiger partial charge in [0.05, 0.1) is 30.0 Å². The lowest BCUT2D eigenvalue weighted by molar-refractivity contribution is -0.144. The number of halogens is 7. The van der Waals surface area contributed by atoms with Crippen molar-refractivity contribution in [2.75, 3.05) is 26.2 Å². The highest BCUT2D eigenvalue weighted by Crippen LogP contribution is 2.43. The van der Waals surface area contributed by atoms with Gasteiger partial charge in [0.1, 0.15) is 54.0 Å². The number of aryl methyl sites for hydroxylation is 2. The van der Waals surface area contributed by atoms with Crippen LogP contribution in [0.25, 0.3) is 5.69 Å². The molecule has 30 heteroatoms. The molecule has 3 saturated carbocycles. The third-order valence-corrected chi connectivity index (χ3v) is 27.7. The van der Waals surface area contributed by atoms with Crippen LogP contribution in [0.2, 0.25) is 5.02 Å². The Labute approximate surface area is 870 Å². The number of para-hydroxylation sites is 2. The summed E-state index contributed by atoms with van der Waals surface area (Å²) in [5, 5.41) is 15.3. The molecule has 3 aromatic heterocycles. The maximum absolute atomic E-state index is 14.8. The number of anilines is 4. The van der Waals surface area contributed by atoms with Crippen molar-refractivity contribution >= 4 is 121 Å². The molecule has 5 atom stereocenters. The first kappa shape index (κ1) is 113. The number of ether oxygens (including phenoxy) is 1. The third-order valence-electron chi connectivity index (χ3n) is 25.5. The quantitative estimate of drug-likeness (QED) is 0.0203. The van der Waals surface area contributed by atoms with Crippen molar-refractivity contribution in [2.24, 2.45) is 17.8 Å². The normalized spacial score (nSPS) is 13.8. The fourth-order valence-electron chi connectivity index (χ4n) is 18.4. The number of rotatable bonds is 35. The van der Waals surface area contributed by atoms with Gasteiger partial charge in [-0.05, 0) is 202 Å². The van der Waals surface area contributed by atoms with Crippen molar-refractivity contribution in [3.05, 3.63) is 343 Å². The van der Waals surface area contributed by atoms with Gasteiger partial charge in [-0.1, -0.05) is 265 Å². The number of carbonyl (C=O) groups excluding carboxylic acids is 11. The molecule has 9 aromatic carbocycles. The highest BCUT2D eigenvalue weighted by molar-refractivity contribution is 7.10. The minimum atomic E-state index is -4.60. The zero-order valence-electron chi connectivity index (χ0n) is 81.6. The van der Waals surface area contributed by atoms with Crippen LogP contribution in [-0.4, -0.2) is 96.1 Å². The van der Waals surface area contributed by atoms with E-state index in [4.69, 9.17) is 48.5 Å². The van der Waals surface area contributed by atoms with Crippen molar-refractivity contribution in [2.45, 2.75) is 192 Å². The Hall–Kier alpha value is -15.7. The molecule has 5 amide bonds. The zero-order chi connectivity index (χ0) is 106. The van der Waals surface area contributed by atoms with Gasteiger partial charge in [0, 0.05) is 81.6 Å². The predicted molar refractivity (Wildman–Crippen MR) is 560 cm³/mol. The molecule has 3 aliphatic carbocycles. The SMILES string of the molecule is C#CC(=O)N(Cc1ccccc1Cl)C(C(=O)CC1CCCC1)c1ccccc1.C#CC(=O)N(c1ccc(-n2cnnn2)c(C)c1)C(C(=O)CCC(=O)OCC)c1ccccc1F.C#CC(=O)N(c1cccc(C(F)(F)F)c1)C(C(=O)CCc1ccccc1)c1cccs1.C#CC(=O)N(c1ccccc1)C(C(=O)CC1CCCCC1)c1cccs1.C#CC(=O)N(c1ccccc1F)C(C(=O)CC1CCCCC1)c1ccccc1F. The van der Waals surface area contributed by atoms with Crippen LogP contribution >= 0.6 is 34.3 Å². The molecule has 0 radical (unpaired) electrons. The van der Waals surface area contributed by atoms with Crippen LogP contribution in [0.15, 0.2) is 272 Å². The van der Waals surface area contributed by atoms with Crippen LogP contribution in [0.3, 0.4) is 0 Å². The second-order valence-corrected chi connectivity index (χ2v) is 37.8. The van der Waals surface area contributed by atoms with Gasteiger partial charge in [-0.2, -0.15) is 13.2 Å². The van der Waals surface area contributed by atoms with Crippen molar-refractivity contribution in [3.63, 3.8) is 0 Å². The first-order chi connectivity index (χ1) is 71.5. The van der Waals surface area contributed by atoms with Crippen molar-refractivity contribution in [3.8, 4) is 67.4 Å². The topological polar surface area (TPSA) is 257 Å². The Morgan fingerprint density at radius 3 is 1.36 bits per heavy atom. The van der Waals surface area contributed by atoms with Gasteiger partial charge < -0.3 is 9.64 Å². The number of hydrogen-bond donors (Lipinski definition) is 0. The van der Waals surface area contributed by atoms with Crippen LogP contribution < -0.4 is 19.6 Å². The van der Waals surface area contributed by atoms with Crippen LogP contribution in [-0.2, 0) is 76.6 Å². The Bertz CT molecular complexity index is 6760. The molecule has 3 fully saturated rings. The van der Waals surface area contributed by atoms with Crippen molar-refractivity contribution in [1.82, 2.24) is 25.1 Å². The molecule has 0 aliphatic heterocycles. The number of amides is 5. The average molecular weight is 2060 g/mol. The van der Waals surface area contributed by atoms with E-state index in [2.05, 4.69) is 27.4 Å². The van der Waals surface area contributed by atoms with E-state index in [1.165, 1.54) is 142 Å². The van der Waals surface area contributed by atoms with Crippen molar-refractivity contribution < 1.29 is 83.8 Å². The van der Waals surface area contributed by atoms with Gasteiger partial charge in [-0.15, -0.1) is 59.9 Å². The second-order valence-electron chi connectivity index (χ2n) is 35.4. The molecule has 0 saturated heterocycles. The molecule has 0 spiro atoms. The molecular formula is C118H110ClF6N9O12S2. The fourth-order valence-corrected chi connectivity index (χ4v) is 20.3. The summed E-state index contributed by atoms with van der Waals surface area (Å²) in [5.41, 5.74) is 3.55. The van der Waals surface area contributed by atoms with E-state index >= 15 is 0 Å². The highest BCUT2D eigenvalue weighted by Gasteiger charge is 2.42. The molecule has 3 heterocycles. The van der Waals surface area contributed by atoms with E-state index in [-0.39, 0.29) is 96.1 Å². The predicted octanol–water partition coefficient (Wildman–Crippen LogP) is 23.8. The Morgan fingerprint density at radius 2 is 0.872 bits per heavy atom. The Balaban J connectivity index is 0.000000176. The first-order valence-corrected chi connectivity index (χ1v) is 50.6. The molecule has 21 nitrogen and oxygen atoms in total. The van der Waals surface area contributed by atoms with Crippen LogP contribution in [0, 0.1) is 104 Å². The summed E-state index contributed by atoms with van der Waals surface area (Å²) in [6.07, 6.45) is 40.3. The summed E-state index contributed by atoms with van der Waals surface area (Å²) in [5.74, 6) is 4.01. The summed E-state index contributed by atoms with van der Waals surface area (Å²) in [4.78, 5) is 149. The van der Waals surface area contributed by atoms with E-state index in [1.807, 2.05) is 144 Å². The Kier molecular flexibility index (Phi) is 43.1. The number of carbonyl (C=O) groups is 11. The van der Waals surface area contributed by atoms with E-state index in [0.717, 1.165) is 106 Å². The van der Waals surface area contributed by atoms with Gasteiger partial charge in [-0.3, -0.25) is 72.3 Å². The molecule has 0 N–H and O–H groups in total. The van der Waals surface area contributed by atoms with E-state index in [0.29, 0.717) is 57.9 Å². The summed E-state index contributed by atoms with van der Waals surface area (Å²) in [7, 11) is 0. The first-order valence-electron chi connectivity index (χ1n) is 48.5. The number of nitrogens with zero attached hydrogens (tertiary/aromatic N) is 9. The van der Waals surface area contributed by atoms with Gasteiger partial charge >= 0.3 is 35.8 Å². The summed E-state index contributed by atoms with van der Waals surface area (Å²) >= 11 is 9.03. The summed E-state index contributed by atoms with van der Waals surface area (Å²) in [6, 6.07) is 63.3. The number of tetrazole rings is 1. The van der Waals surface area contributed by atoms with E-state index < -0.39 is 101 Å². The number of terminal acetylenes is 5. The van der Waals surface area contributed by atoms with Crippen LogP contribution in [0.1, 0.15) is 214 Å². The number of aromatic nitrogens is 4. The van der Waals surface area contributed by atoms with Gasteiger partial charge in [-0.25, -0.2) is 17.9 Å². The molecule has 0 bridgehead atoms. The molecule has 148 heavy (non-hydrogen) atoms. The lowest BCUT2D eigenvalue weighted by Crippen LogP contribution is -2.40. The number of ketones is 5. The second kappa shape index (κ2) is 56.7. The zero-order valence-corrected chi connectivity index (χ0v) is 84.0. The monoisotopic (exact) mass is 2060 g/mol. The van der Waals surface area contributed by atoms with Crippen LogP contribution in [0.5, 0.6) is 0 Å². The van der Waals surface area contributed by atoms with Gasteiger partial charge in [0.15, 0.2) is 28.9 Å². The number of alkyl halides is 3. The standard InChI is InChI=1S/C24H24ClNO2.C24H18F3NO2S.C24H23F2NO2.C24H22FN5O4.C22H23NO2S/c1-2-23(28)26(17-20-14-8-9-15-21(20)25)24(19-12-4-3-5-13-19)22(27)16-18-10-6-7-11-18;1-2-22(30)28(19-11-6-10-18(16-19)24(25,26)27)23(21-12-7-15-31-21)20(29)14-13-17-8-4-3-5-9-17;1-2-23(29)27(21-15-9-8-14-20(21)26)24(18-12-6-7-13-19(18)25)22(28)16-17-10-4-3-5-11-17;1-4-22(32)30(17-10-11-20(16(3)14-17)29-15-26-27-28-29)24(18-8-6-7-9-19(18)25)21(31)12-13-23(33)34-5-2;1-2-21(25)23(18-12-7-4-8-13-18)22(20-14-9-15-26-20)19(24)16-17-10-5-3-6-11-17/h1,3-5,8-9,12-15,18,24H,6-7,10-11,16-17H2;1,3-12,15-16,23H,13-14H2;1,6-9,12-15,17,24H,3-5,10-11,16H2;1,6-11,14-15,24H,5,12-13H2,2-3H3;1,4,7-9,12-15,17,22H,3,5-6,10-11,16H2. The number of thiophene rings is 2.